The summed E-state index contributed by atoms with van der Waals surface area (Å²) in [6, 6.07) is 5.36. The third-order valence-corrected chi connectivity index (χ3v) is 5.65. The summed E-state index contributed by atoms with van der Waals surface area (Å²) in [4.78, 5) is 41.0. The SMILES string of the molecule is O=C(c1ccccn1)N1CCC(C(=O)N2CCC[C@@H](c3ncc[nH]3)C2)CC1. The Balaban J connectivity index is 1.32. The molecule has 4 heterocycles. The molecule has 4 rings (SSSR count). The van der Waals surface area contributed by atoms with Gasteiger partial charge in [0, 0.05) is 56.6 Å². The Hall–Kier alpha value is -2.70. The number of imidazole rings is 1. The van der Waals surface area contributed by atoms with Crippen molar-refractivity contribution < 1.29 is 9.59 Å². The largest absolute Gasteiger partial charge is 0.348 e. The van der Waals surface area contributed by atoms with Crippen LogP contribution in [0.2, 0.25) is 0 Å². The minimum atomic E-state index is -0.0441. The van der Waals surface area contributed by atoms with Gasteiger partial charge in [0.25, 0.3) is 5.91 Å². The van der Waals surface area contributed by atoms with Crippen molar-refractivity contribution in [2.24, 2.45) is 5.92 Å². The molecule has 0 bridgehead atoms. The van der Waals surface area contributed by atoms with Crippen LogP contribution in [-0.4, -0.2) is 62.7 Å². The molecule has 2 amide bonds. The highest BCUT2D eigenvalue weighted by Gasteiger charge is 2.33. The van der Waals surface area contributed by atoms with E-state index in [0.717, 1.165) is 44.6 Å². The molecule has 2 saturated heterocycles. The number of hydrogen-bond acceptors (Lipinski definition) is 4. The van der Waals surface area contributed by atoms with E-state index < -0.39 is 0 Å². The topological polar surface area (TPSA) is 82.2 Å². The first kappa shape index (κ1) is 17.7. The van der Waals surface area contributed by atoms with Crippen molar-refractivity contribution in [1.82, 2.24) is 24.8 Å². The number of nitrogens with zero attached hydrogens (tertiary/aromatic N) is 4. The summed E-state index contributed by atoms with van der Waals surface area (Å²) in [5.41, 5.74) is 0.472. The molecular formula is C20H25N5O2. The van der Waals surface area contributed by atoms with E-state index >= 15 is 0 Å². The van der Waals surface area contributed by atoms with Crippen LogP contribution in [0, 0.1) is 5.92 Å². The molecule has 2 aliphatic rings. The Kier molecular flexibility index (Phi) is 5.18. The van der Waals surface area contributed by atoms with E-state index in [4.69, 9.17) is 0 Å². The number of hydrogen-bond donors (Lipinski definition) is 1. The Morgan fingerprint density at radius 3 is 2.56 bits per heavy atom. The monoisotopic (exact) mass is 367 g/mol. The molecule has 2 aromatic rings. The molecule has 27 heavy (non-hydrogen) atoms. The molecule has 0 aromatic carbocycles. The standard InChI is InChI=1S/C20H25N5O2/c26-19(25-11-3-4-16(14-25)18-22-9-10-23-18)15-6-12-24(13-7-15)20(27)17-5-1-2-8-21-17/h1-2,5,8-10,15-16H,3-4,6-7,11-14H2,(H,22,23)/t16-/m1/s1. The van der Waals surface area contributed by atoms with Crippen LogP contribution in [0.15, 0.2) is 36.8 Å². The molecule has 2 aromatic heterocycles. The van der Waals surface area contributed by atoms with E-state index in [2.05, 4.69) is 15.0 Å². The fourth-order valence-corrected chi connectivity index (χ4v) is 4.14. The number of carbonyl (C=O) groups is 2. The number of amides is 2. The van der Waals surface area contributed by atoms with E-state index in [1.165, 1.54) is 0 Å². The molecule has 1 atom stereocenters. The fraction of sp³-hybridized carbons (Fsp3) is 0.500. The lowest BCUT2D eigenvalue weighted by Gasteiger charge is -2.37. The van der Waals surface area contributed by atoms with Gasteiger partial charge in [0.2, 0.25) is 5.91 Å². The number of piperidine rings is 2. The molecule has 7 nitrogen and oxygen atoms in total. The highest BCUT2D eigenvalue weighted by molar-refractivity contribution is 5.92. The van der Waals surface area contributed by atoms with E-state index in [9.17, 15) is 9.59 Å². The summed E-state index contributed by atoms with van der Waals surface area (Å²) in [6.45, 7) is 2.78. The molecule has 0 spiro atoms. The summed E-state index contributed by atoms with van der Waals surface area (Å²) in [7, 11) is 0. The first-order chi connectivity index (χ1) is 13.2. The van der Waals surface area contributed by atoms with E-state index in [-0.39, 0.29) is 17.7 Å². The minimum absolute atomic E-state index is 0.00753. The second kappa shape index (κ2) is 7.90. The Morgan fingerprint density at radius 2 is 1.85 bits per heavy atom. The number of likely N-dealkylation sites (tertiary alicyclic amines) is 2. The maximum Gasteiger partial charge on any atom is 0.272 e. The number of rotatable bonds is 3. The van der Waals surface area contributed by atoms with Crippen LogP contribution in [0.1, 0.15) is 47.9 Å². The summed E-state index contributed by atoms with van der Waals surface area (Å²) in [5, 5.41) is 0. The Labute approximate surface area is 158 Å². The van der Waals surface area contributed by atoms with E-state index in [1.807, 2.05) is 22.1 Å². The van der Waals surface area contributed by atoms with Crippen molar-refractivity contribution in [3.05, 3.63) is 48.3 Å². The van der Waals surface area contributed by atoms with Crippen molar-refractivity contribution in [2.75, 3.05) is 26.2 Å². The quantitative estimate of drug-likeness (QED) is 0.900. The van der Waals surface area contributed by atoms with Crippen LogP contribution in [0.25, 0.3) is 0 Å². The summed E-state index contributed by atoms with van der Waals surface area (Å²) >= 11 is 0. The average Bonchev–Trinajstić information content (AvgIpc) is 3.29. The third-order valence-electron chi connectivity index (χ3n) is 5.65. The van der Waals surface area contributed by atoms with Gasteiger partial charge in [0.15, 0.2) is 0 Å². The third kappa shape index (κ3) is 3.86. The van der Waals surface area contributed by atoms with Gasteiger partial charge in [-0.25, -0.2) is 4.98 Å². The van der Waals surface area contributed by atoms with Gasteiger partial charge in [-0.3, -0.25) is 14.6 Å². The predicted molar refractivity (Wildman–Crippen MR) is 100 cm³/mol. The van der Waals surface area contributed by atoms with Crippen LogP contribution in [0.3, 0.4) is 0 Å². The molecule has 0 aliphatic carbocycles. The second-order valence-corrected chi connectivity index (χ2v) is 7.38. The van der Waals surface area contributed by atoms with Crippen LogP contribution >= 0.6 is 0 Å². The first-order valence-corrected chi connectivity index (χ1v) is 9.71. The van der Waals surface area contributed by atoms with Crippen LogP contribution in [-0.2, 0) is 4.79 Å². The van der Waals surface area contributed by atoms with Crippen molar-refractivity contribution >= 4 is 11.8 Å². The lowest BCUT2D eigenvalue weighted by Crippen LogP contribution is -2.47. The minimum Gasteiger partial charge on any atom is -0.348 e. The maximum atomic E-state index is 13.0. The molecule has 2 fully saturated rings. The van der Waals surface area contributed by atoms with Crippen molar-refractivity contribution in [2.45, 2.75) is 31.6 Å². The highest BCUT2D eigenvalue weighted by atomic mass is 16.2. The van der Waals surface area contributed by atoms with Gasteiger partial charge in [-0.2, -0.15) is 0 Å². The zero-order valence-corrected chi connectivity index (χ0v) is 15.4. The summed E-state index contributed by atoms with van der Waals surface area (Å²) < 4.78 is 0. The molecule has 142 valence electrons. The van der Waals surface area contributed by atoms with Gasteiger partial charge in [-0.1, -0.05) is 6.07 Å². The number of pyridine rings is 1. The molecule has 1 N–H and O–H groups in total. The van der Waals surface area contributed by atoms with Crippen molar-refractivity contribution in [1.29, 1.82) is 0 Å². The lowest BCUT2D eigenvalue weighted by atomic mass is 9.92. The molecular weight excluding hydrogens is 342 g/mol. The van der Waals surface area contributed by atoms with E-state index in [1.54, 1.807) is 24.5 Å². The van der Waals surface area contributed by atoms with Crippen LogP contribution < -0.4 is 0 Å². The maximum absolute atomic E-state index is 13.0. The van der Waals surface area contributed by atoms with E-state index in [0.29, 0.717) is 24.7 Å². The Morgan fingerprint density at radius 1 is 1.00 bits per heavy atom. The van der Waals surface area contributed by atoms with Gasteiger partial charge in [0.1, 0.15) is 11.5 Å². The zero-order valence-electron chi connectivity index (χ0n) is 15.4. The molecule has 0 unspecified atom stereocenters. The number of nitrogens with one attached hydrogen (secondary N) is 1. The second-order valence-electron chi connectivity index (χ2n) is 7.38. The number of carbonyl (C=O) groups excluding carboxylic acids is 2. The summed E-state index contributed by atoms with van der Waals surface area (Å²) in [6.07, 6.45) is 8.76. The lowest BCUT2D eigenvalue weighted by molar-refractivity contribution is -0.138. The summed E-state index contributed by atoms with van der Waals surface area (Å²) in [5.74, 6) is 1.47. The number of aromatic amines is 1. The normalized spacial score (nSPS) is 21.3. The zero-order chi connectivity index (χ0) is 18.6. The van der Waals surface area contributed by atoms with Gasteiger partial charge < -0.3 is 14.8 Å². The molecule has 0 saturated carbocycles. The predicted octanol–water partition coefficient (Wildman–Crippen LogP) is 2.06. The number of H-pyrrole nitrogens is 1. The Bertz CT molecular complexity index is 769. The van der Waals surface area contributed by atoms with Gasteiger partial charge in [0.05, 0.1) is 0 Å². The average molecular weight is 367 g/mol. The first-order valence-electron chi connectivity index (χ1n) is 9.71. The molecule has 2 aliphatic heterocycles. The van der Waals surface area contributed by atoms with Crippen molar-refractivity contribution in [3.63, 3.8) is 0 Å². The molecule has 7 heteroatoms. The van der Waals surface area contributed by atoms with Crippen LogP contribution in [0.5, 0.6) is 0 Å². The van der Waals surface area contributed by atoms with Crippen LogP contribution in [0.4, 0.5) is 0 Å². The highest BCUT2D eigenvalue weighted by Crippen LogP contribution is 2.28. The van der Waals surface area contributed by atoms with Gasteiger partial charge >= 0.3 is 0 Å². The smallest absolute Gasteiger partial charge is 0.272 e. The van der Waals surface area contributed by atoms with Gasteiger partial charge in [-0.05, 0) is 37.8 Å². The fourth-order valence-electron chi connectivity index (χ4n) is 4.14. The van der Waals surface area contributed by atoms with Crippen molar-refractivity contribution in [3.8, 4) is 0 Å². The van der Waals surface area contributed by atoms with Gasteiger partial charge in [-0.15, -0.1) is 0 Å². The number of aromatic nitrogens is 3. The molecule has 0 radical (unpaired) electrons.